The number of nitrogens with zero attached hydrogens (tertiary/aromatic N) is 4. The number of nitrogens with one attached hydrogen (secondary N) is 1. The minimum Gasteiger partial charge on any atom is -0.364 e. The molecule has 0 spiro atoms. The van der Waals surface area contributed by atoms with Crippen molar-refractivity contribution < 1.29 is 4.39 Å². The molecule has 1 aromatic carbocycles. The smallest absolute Gasteiger partial charge is 0.164 e. The summed E-state index contributed by atoms with van der Waals surface area (Å²) in [4.78, 5) is 17.5. The van der Waals surface area contributed by atoms with E-state index in [-0.39, 0.29) is 5.82 Å². The van der Waals surface area contributed by atoms with Crippen molar-refractivity contribution in [3.8, 4) is 11.1 Å². The van der Waals surface area contributed by atoms with Gasteiger partial charge in [0.15, 0.2) is 5.65 Å². The zero-order valence-electron chi connectivity index (χ0n) is 17.5. The number of anilines is 1. The van der Waals surface area contributed by atoms with Gasteiger partial charge in [-0.2, -0.15) is 0 Å². The number of rotatable bonds is 7. The third-order valence-electron chi connectivity index (χ3n) is 4.09. The normalized spacial score (nSPS) is 11.0. The van der Waals surface area contributed by atoms with Crippen LogP contribution in [0.2, 0.25) is 0 Å². The highest BCUT2D eigenvalue weighted by atomic mass is 19.1. The van der Waals surface area contributed by atoms with Crippen molar-refractivity contribution in [1.29, 1.82) is 0 Å². The van der Waals surface area contributed by atoms with E-state index >= 15 is 0 Å². The van der Waals surface area contributed by atoms with Gasteiger partial charge in [-0.3, -0.25) is 4.99 Å². The third kappa shape index (κ3) is 6.17. The third-order valence-corrected chi connectivity index (χ3v) is 4.09. The molecule has 0 saturated heterocycles. The number of benzene rings is 1. The van der Waals surface area contributed by atoms with Crippen LogP contribution in [0.4, 0.5) is 10.2 Å². The van der Waals surface area contributed by atoms with Crippen LogP contribution >= 0.6 is 0 Å². The molecule has 3 aromatic rings. The molecular weight excluding hydrogens is 365 g/mol. The fourth-order valence-electron chi connectivity index (χ4n) is 2.80. The monoisotopic (exact) mass is 393 g/mol. The Morgan fingerprint density at radius 3 is 2.52 bits per heavy atom. The van der Waals surface area contributed by atoms with Crippen LogP contribution in [0.3, 0.4) is 0 Å². The summed E-state index contributed by atoms with van der Waals surface area (Å²) in [5, 5.41) is 4.06. The van der Waals surface area contributed by atoms with E-state index in [9.17, 15) is 4.39 Å². The van der Waals surface area contributed by atoms with Gasteiger partial charge in [-0.05, 0) is 37.1 Å². The van der Waals surface area contributed by atoms with Gasteiger partial charge in [0, 0.05) is 17.5 Å². The van der Waals surface area contributed by atoms with Gasteiger partial charge in [0.1, 0.15) is 18.0 Å². The predicted octanol–water partition coefficient (Wildman–Crippen LogP) is 6.04. The van der Waals surface area contributed by atoms with Gasteiger partial charge in [0.2, 0.25) is 0 Å². The SMILES string of the molecule is C=C(CNc1ncnc2ncc(-c3ccc(F)cc3)cc12)N=C(C)CCC.CC. The maximum Gasteiger partial charge on any atom is 0.164 e. The Hall–Kier alpha value is -3.15. The molecule has 29 heavy (non-hydrogen) atoms. The van der Waals surface area contributed by atoms with Gasteiger partial charge >= 0.3 is 0 Å². The lowest BCUT2D eigenvalue weighted by Gasteiger charge is -2.10. The van der Waals surface area contributed by atoms with Crippen LogP contribution < -0.4 is 5.32 Å². The molecular formula is C23H28FN5. The fourth-order valence-corrected chi connectivity index (χ4v) is 2.80. The van der Waals surface area contributed by atoms with E-state index < -0.39 is 0 Å². The first kappa shape index (κ1) is 22.1. The van der Waals surface area contributed by atoms with E-state index in [0.717, 1.165) is 40.8 Å². The van der Waals surface area contributed by atoms with Crippen molar-refractivity contribution in [1.82, 2.24) is 15.0 Å². The van der Waals surface area contributed by atoms with Gasteiger partial charge in [-0.1, -0.05) is 45.9 Å². The van der Waals surface area contributed by atoms with Gasteiger partial charge < -0.3 is 5.32 Å². The molecule has 0 aliphatic rings. The summed E-state index contributed by atoms with van der Waals surface area (Å²) in [6.45, 7) is 12.6. The van der Waals surface area contributed by atoms with Gasteiger partial charge in [0.25, 0.3) is 0 Å². The van der Waals surface area contributed by atoms with Crippen molar-refractivity contribution in [3.63, 3.8) is 0 Å². The van der Waals surface area contributed by atoms with E-state index in [1.165, 1.54) is 18.5 Å². The molecule has 0 bridgehead atoms. The van der Waals surface area contributed by atoms with Gasteiger partial charge in [0.05, 0.1) is 17.6 Å². The van der Waals surface area contributed by atoms with Crippen LogP contribution in [-0.2, 0) is 0 Å². The number of aromatic nitrogens is 3. The van der Waals surface area contributed by atoms with Crippen LogP contribution in [0, 0.1) is 5.82 Å². The lowest BCUT2D eigenvalue weighted by Crippen LogP contribution is -2.07. The van der Waals surface area contributed by atoms with E-state index in [0.29, 0.717) is 18.0 Å². The van der Waals surface area contributed by atoms with Crippen molar-refractivity contribution >= 4 is 22.6 Å². The Morgan fingerprint density at radius 1 is 1.10 bits per heavy atom. The van der Waals surface area contributed by atoms with E-state index in [2.05, 4.69) is 38.8 Å². The zero-order chi connectivity index (χ0) is 21.2. The number of hydrogen-bond donors (Lipinski definition) is 1. The zero-order valence-corrected chi connectivity index (χ0v) is 17.5. The summed E-state index contributed by atoms with van der Waals surface area (Å²) in [7, 11) is 0. The highest BCUT2D eigenvalue weighted by Gasteiger charge is 2.08. The van der Waals surface area contributed by atoms with Gasteiger partial charge in [-0.15, -0.1) is 0 Å². The molecule has 5 nitrogen and oxygen atoms in total. The summed E-state index contributed by atoms with van der Waals surface area (Å²) in [6, 6.07) is 8.26. The average Bonchev–Trinajstić information content (AvgIpc) is 2.74. The number of fused-ring (bicyclic) bond motifs is 1. The second kappa shape index (κ2) is 11.0. The van der Waals surface area contributed by atoms with Gasteiger partial charge in [-0.25, -0.2) is 19.3 Å². The largest absolute Gasteiger partial charge is 0.364 e. The maximum atomic E-state index is 13.2. The van der Waals surface area contributed by atoms with Crippen LogP contribution in [0.15, 0.2) is 60.1 Å². The summed E-state index contributed by atoms with van der Waals surface area (Å²) in [6.07, 6.45) is 5.22. The Balaban J connectivity index is 0.00000145. The minimum absolute atomic E-state index is 0.268. The summed E-state index contributed by atoms with van der Waals surface area (Å²) in [5.74, 6) is 0.400. The Labute approximate surface area is 171 Å². The second-order valence-corrected chi connectivity index (χ2v) is 6.34. The molecule has 2 aromatic heterocycles. The topological polar surface area (TPSA) is 63.1 Å². The average molecular weight is 394 g/mol. The molecule has 0 fully saturated rings. The van der Waals surface area contributed by atoms with Crippen LogP contribution in [0.25, 0.3) is 22.2 Å². The Kier molecular flexibility index (Phi) is 8.40. The van der Waals surface area contributed by atoms with Crippen LogP contribution in [0.5, 0.6) is 0 Å². The summed E-state index contributed by atoms with van der Waals surface area (Å²) in [5.41, 5.74) is 4.16. The van der Waals surface area contributed by atoms with Crippen molar-refractivity contribution in [3.05, 3.63) is 60.9 Å². The van der Waals surface area contributed by atoms with Crippen molar-refractivity contribution in [2.75, 3.05) is 11.9 Å². The number of pyridine rings is 1. The van der Waals surface area contributed by atoms with Crippen LogP contribution in [0.1, 0.15) is 40.5 Å². The summed E-state index contributed by atoms with van der Waals surface area (Å²) >= 11 is 0. The first-order valence-corrected chi connectivity index (χ1v) is 9.89. The standard InChI is InChI=1S/C21H22FN5.C2H6/c1-4-5-14(2)27-15(3)11-23-20-19-10-17(12-24-21(19)26-13-25-20)16-6-8-18(22)9-7-16;1-2/h6-10,12-13H,3-5,11H2,1-2H3,(H,23,24,25,26);1-2H3. The quantitative estimate of drug-likeness (QED) is 0.497. The molecule has 3 rings (SSSR count). The molecule has 6 heteroatoms. The number of hydrogen-bond acceptors (Lipinski definition) is 5. The molecule has 0 amide bonds. The number of halogens is 1. The first-order valence-electron chi connectivity index (χ1n) is 9.89. The lowest BCUT2D eigenvalue weighted by atomic mass is 10.1. The van der Waals surface area contributed by atoms with Crippen LogP contribution in [-0.4, -0.2) is 27.2 Å². The summed E-state index contributed by atoms with van der Waals surface area (Å²) < 4.78 is 13.2. The second-order valence-electron chi connectivity index (χ2n) is 6.34. The molecule has 0 atom stereocenters. The number of aliphatic imine (C=N–C) groups is 1. The van der Waals surface area contributed by atoms with Crippen molar-refractivity contribution in [2.24, 2.45) is 4.99 Å². The minimum atomic E-state index is -0.268. The maximum absolute atomic E-state index is 13.2. The van der Waals surface area contributed by atoms with E-state index in [1.807, 2.05) is 26.8 Å². The Bertz CT molecular complexity index is 980. The molecule has 1 N–H and O–H groups in total. The molecule has 152 valence electrons. The highest BCUT2D eigenvalue weighted by molar-refractivity contribution is 5.89. The Morgan fingerprint density at radius 2 is 1.83 bits per heavy atom. The lowest BCUT2D eigenvalue weighted by molar-refractivity contribution is 0.628. The molecule has 0 aliphatic heterocycles. The van der Waals surface area contributed by atoms with E-state index in [4.69, 9.17) is 0 Å². The first-order chi connectivity index (χ1) is 14.1. The molecule has 0 unspecified atom stereocenters. The highest BCUT2D eigenvalue weighted by Crippen LogP contribution is 2.25. The molecule has 2 heterocycles. The predicted molar refractivity (Wildman–Crippen MR) is 120 cm³/mol. The molecule has 0 saturated carbocycles. The van der Waals surface area contributed by atoms with E-state index in [1.54, 1.807) is 18.3 Å². The molecule has 0 aliphatic carbocycles. The van der Waals surface area contributed by atoms with Crippen molar-refractivity contribution in [2.45, 2.75) is 40.5 Å². The molecule has 0 radical (unpaired) electrons. The fraction of sp³-hybridized carbons (Fsp3) is 0.304.